The van der Waals surface area contributed by atoms with Gasteiger partial charge in [-0.1, -0.05) is 29.8 Å². The van der Waals surface area contributed by atoms with Gasteiger partial charge in [-0.2, -0.15) is 5.10 Å². The molecular weight excluding hydrogens is 356 g/mol. The number of carbonyl (C=O) groups is 1. The molecule has 0 aromatic heterocycles. The van der Waals surface area contributed by atoms with Crippen molar-refractivity contribution in [3.63, 3.8) is 0 Å². The number of hydrogen-bond donors (Lipinski definition) is 2. The van der Waals surface area contributed by atoms with Crippen LogP contribution in [-0.2, 0) is 0 Å². The highest BCUT2D eigenvalue weighted by Crippen LogP contribution is 2.27. The Morgan fingerprint density at radius 1 is 1.19 bits per heavy atom. The van der Waals surface area contributed by atoms with Crippen LogP contribution in [0.25, 0.3) is 0 Å². The summed E-state index contributed by atoms with van der Waals surface area (Å²) in [5.74, 6) is -0.404. The van der Waals surface area contributed by atoms with E-state index in [1.54, 1.807) is 43.3 Å². The average Bonchev–Trinajstić information content (AvgIpc) is 2.47. The molecule has 0 heterocycles. The maximum absolute atomic E-state index is 12.0. The van der Waals surface area contributed by atoms with Gasteiger partial charge in [0.05, 0.1) is 16.3 Å². The molecule has 0 bridgehead atoms. The fourth-order valence-corrected chi connectivity index (χ4v) is 2.35. The first-order valence-corrected chi connectivity index (χ1v) is 7.25. The van der Waals surface area contributed by atoms with Gasteiger partial charge >= 0.3 is 0 Å². The van der Waals surface area contributed by atoms with Crippen LogP contribution in [0.3, 0.4) is 0 Å². The Balaban J connectivity index is 2.19. The Kier molecular flexibility index (Phi) is 4.98. The molecule has 6 heteroatoms. The lowest BCUT2D eigenvalue weighted by molar-refractivity contribution is 0.0954. The Bertz CT molecular complexity index is 717. The molecule has 0 atom stereocenters. The molecule has 2 N–H and O–H groups in total. The van der Waals surface area contributed by atoms with Gasteiger partial charge in [0.1, 0.15) is 5.75 Å². The van der Waals surface area contributed by atoms with Crippen LogP contribution in [0.5, 0.6) is 5.75 Å². The zero-order valence-electron chi connectivity index (χ0n) is 11.1. The summed E-state index contributed by atoms with van der Waals surface area (Å²) in [6.07, 6.45) is 0. The Morgan fingerprint density at radius 2 is 1.86 bits per heavy atom. The molecule has 0 saturated carbocycles. The molecule has 2 aromatic rings. The van der Waals surface area contributed by atoms with Gasteiger partial charge in [0.25, 0.3) is 5.91 Å². The van der Waals surface area contributed by atoms with Crippen LogP contribution in [-0.4, -0.2) is 16.7 Å². The van der Waals surface area contributed by atoms with E-state index in [1.807, 2.05) is 6.07 Å². The Morgan fingerprint density at radius 3 is 2.57 bits per heavy atom. The monoisotopic (exact) mass is 366 g/mol. The average molecular weight is 368 g/mol. The van der Waals surface area contributed by atoms with Crippen molar-refractivity contribution in [2.75, 3.05) is 0 Å². The van der Waals surface area contributed by atoms with Crippen LogP contribution in [0.2, 0.25) is 5.02 Å². The molecule has 4 nitrogen and oxygen atoms in total. The maximum atomic E-state index is 12.0. The van der Waals surface area contributed by atoms with E-state index in [2.05, 4.69) is 26.5 Å². The van der Waals surface area contributed by atoms with E-state index in [0.717, 1.165) is 0 Å². The normalized spacial score (nSPS) is 11.3. The summed E-state index contributed by atoms with van der Waals surface area (Å²) in [7, 11) is 0. The zero-order valence-corrected chi connectivity index (χ0v) is 13.4. The first-order valence-electron chi connectivity index (χ1n) is 6.07. The number of benzene rings is 2. The summed E-state index contributed by atoms with van der Waals surface area (Å²) in [5, 5.41) is 14.1. The van der Waals surface area contributed by atoms with E-state index >= 15 is 0 Å². The second kappa shape index (κ2) is 6.74. The van der Waals surface area contributed by atoms with E-state index < -0.39 is 0 Å². The number of nitrogens with zero attached hydrogens (tertiary/aromatic N) is 1. The van der Waals surface area contributed by atoms with Gasteiger partial charge in [-0.05, 0) is 47.1 Å². The predicted octanol–water partition coefficient (Wildman–Crippen LogP) is 3.96. The molecule has 0 unspecified atom stereocenters. The van der Waals surface area contributed by atoms with E-state index in [4.69, 9.17) is 11.6 Å². The molecule has 1 amide bonds. The molecule has 21 heavy (non-hydrogen) atoms. The number of phenolic OH excluding ortho intramolecular Hbond substituents is 1. The van der Waals surface area contributed by atoms with Gasteiger partial charge in [-0.15, -0.1) is 0 Å². The molecule has 0 aliphatic carbocycles. The summed E-state index contributed by atoms with van der Waals surface area (Å²) < 4.78 is 0.681. The first-order chi connectivity index (χ1) is 10.0. The topological polar surface area (TPSA) is 61.7 Å². The zero-order chi connectivity index (χ0) is 15.4. The number of aromatic hydroxyl groups is 1. The molecule has 108 valence electrons. The van der Waals surface area contributed by atoms with Crippen molar-refractivity contribution in [1.29, 1.82) is 0 Å². The summed E-state index contributed by atoms with van der Waals surface area (Å²) >= 11 is 9.14. The van der Waals surface area contributed by atoms with Gasteiger partial charge in [-0.25, -0.2) is 5.43 Å². The van der Waals surface area contributed by atoms with Crippen molar-refractivity contribution in [3.05, 3.63) is 63.1 Å². The summed E-state index contributed by atoms with van der Waals surface area (Å²) in [5.41, 5.74) is 3.85. The van der Waals surface area contributed by atoms with E-state index in [1.165, 1.54) is 0 Å². The minimum atomic E-state index is -0.344. The number of para-hydroxylation sites is 1. The standard InChI is InChI=1S/C15H12BrClN2O2/c1-9(10-6-4-8-13(17)14(10)20)18-19-15(21)11-5-2-3-7-12(11)16/h2-8,20H,1H3,(H,19,21). The fraction of sp³-hybridized carbons (Fsp3) is 0.0667. The number of carbonyl (C=O) groups excluding carboxylic acids is 1. The first kappa shape index (κ1) is 15.5. The molecule has 0 fully saturated rings. The van der Waals surface area contributed by atoms with Gasteiger partial charge in [0.2, 0.25) is 0 Å². The van der Waals surface area contributed by atoms with Gasteiger partial charge in [-0.3, -0.25) is 4.79 Å². The maximum Gasteiger partial charge on any atom is 0.272 e. The van der Waals surface area contributed by atoms with Crippen LogP contribution in [0, 0.1) is 0 Å². The second-order valence-electron chi connectivity index (χ2n) is 4.25. The Hall–Kier alpha value is -1.85. The van der Waals surface area contributed by atoms with Crippen molar-refractivity contribution in [1.82, 2.24) is 5.43 Å². The predicted molar refractivity (Wildman–Crippen MR) is 86.9 cm³/mol. The summed E-state index contributed by atoms with van der Waals surface area (Å²) in [6.45, 7) is 1.67. The lowest BCUT2D eigenvalue weighted by Crippen LogP contribution is -2.19. The molecular formula is C15H12BrClN2O2. The molecule has 2 aromatic carbocycles. The van der Waals surface area contributed by atoms with E-state index in [9.17, 15) is 9.90 Å². The van der Waals surface area contributed by atoms with Gasteiger partial charge in [0, 0.05) is 10.0 Å². The number of halogens is 2. The van der Waals surface area contributed by atoms with Gasteiger partial charge < -0.3 is 5.11 Å². The van der Waals surface area contributed by atoms with Crippen molar-refractivity contribution in [3.8, 4) is 5.75 Å². The van der Waals surface area contributed by atoms with Crippen molar-refractivity contribution >= 4 is 39.1 Å². The minimum absolute atomic E-state index is 0.0597. The highest BCUT2D eigenvalue weighted by molar-refractivity contribution is 9.10. The second-order valence-corrected chi connectivity index (χ2v) is 5.52. The van der Waals surface area contributed by atoms with E-state index in [0.29, 0.717) is 21.3 Å². The van der Waals surface area contributed by atoms with E-state index in [-0.39, 0.29) is 16.7 Å². The molecule has 0 saturated heterocycles. The van der Waals surface area contributed by atoms with Gasteiger partial charge in [0.15, 0.2) is 0 Å². The third-order valence-electron chi connectivity index (χ3n) is 2.82. The van der Waals surface area contributed by atoms with Crippen LogP contribution in [0.15, 0.2) is 52.0 Å². The molecule has 2 rings (SSSR count). The lowest BCUT2D eigenvalue weighted by Gasteiger charge is -2.07. The Labute approximate surface area is 135 Å². The number of hydrazone groups is 1. The highest BCUT2D eigenvalue weighted by atomic mass is 79.9. The van der Waals surface area contributed by atoms with Crippen molar-refractivity contribution in [2.24, 2.45) is 5.10 Å². The molecule has 0 aliphatic rings. The SMILES string of the molecule is CC(=NNC(=O)c1ccccc1Br)c1cccc(Cl)c1O. The fourth-order valence-electron chi connectivity index (χ4n) is 1.71. The largest absolute Gasteiger partial charge is 0.506 e. The van der Waals surface area contributed by atoms with Crippen molar-refractivity contribution < 1.29 is 9.90 Å². The van der Waals surface area contributed by atoms with Crippen LogP contribution >= 0.6 is 27.5 Å². The summed E-state index contributed by atoms with van der Waals surface area (Å²) in [6, 6.07) is 12.0. The molecule has 0 spiro atoms. The summed E-state index contributed by atoms with van der Waals surface area (Å²) in [4.78, 5) is 12.0. The molecule has 0 radical (unpaired) electrons. The molecule has 0 aliphatic heterocycles. The van der Waals surface area contributed by atoms with Crippen molar-refractivity contribution in [2.45, 2.75) is 6.92 Å². The quantitative estimate of drug-likeness (QED) is 0.637. The number of amides is 1. The highest BCUT2D eigenvalue weighted by Gasteiger charge is 2.10. The number of rotatable bonds is 3. The third-order valence-corrected chi connectivity index (χ3v) is 3.82. The van der Waals surface area contributed by atoms with Crippen LogP contribution in [0.1, 0.15) is 22.8 Å². The number of hydrogen-bond acceptors (Lipinski definition) is 3. The lowest BCUT2D eigenvalue weighted by atomic mass is 10.1. The number of phenols is 1. The van der Waals surface area contributed by atoms with Crippen LogP contribution in [0.4, 0.5) is 0 Å². The smallest absolute Gasteiger partial charge is 0.272 e. The third kappa shape index (κ3) is 3.62. The minimum Gasteiger partial charge on any atom is -0.506 e. The number of nitrogens with one attached hydrogen (secondary N) is 1. The van der Waals surface area contributed by atoms with Crippen LogP contribution < -0.4 is 5.43 Å².